The molecule has 1 heterocycles. The Morgan fingerprint density at radius 1 is 1.32 bits per heavy atom. The van der Waals surface area contributed by atoms with Crippen molar-refractivity contribution in [2.24, 2.45) is 5.92 Å². The van der Waals surface area contributed by atoms with Crippen LogP contribution in [0.25, 0.3) is 0 Å². The van der Waals surface area contributed by atoms with Crippen LogP contribution in [0.4, 0.5) is 11.4 Å². The molecule has 5 nitrogen and oxygen atoms in total. The fraction of sp³-hybridized carbons (Fsp3) is 0.588. The summed E-state index contributed by atoms with van der Waals surface area (Å²) in [5, 5.41) is 11.9. The topological polar surface area (TPSA) is 55.8 Å². The first kappa shape index (κ1) is 16.8. The van der Waals surface area contributed by atoms with E-state index in [9.17, 15) is 4.79 Å². The van der Waals surface area contributed by atoms with E-state index in [4.69, 9.17) is 5.11 Å². The molecule has 22 heavy (non-hydrogen) atoms. The predicted octanol–water partition coefficient (Wildman–Crippen LogP) is 1.79. The molecule has 0 radical (unpaired) electrons. The van der Waals surface area contributed by atoms with Crippen molar-refractivity contribution in [1.29, 1.82) is 0 Å². The number of anilines is 2. The number of amides is 1. The summed E-state index contributed by atoms with van der Waals surface area (Å²) < 4.78 is 0. The second-order valence-electron chi connectivity index (χ2n) is 6.20. The molecule has 0 spiro atoms. The first-order valence-electron chi connectivity index (χ1n) is 8.02. The van der Waals surface area contributed by atoms with E-state index >= 15 is 0 Å². The van der Waals surface area contributed by atoms with Crippen molar-refractivity contribution >= 4 is 17.3 Å². The van der Waals surface area contributed by atoms with Crippen LogP contribution in [0.2, 0.25) is 0 Å². The molecule has 1 fully saturated rings. The lowest BCUT2D eigenvalue weighted by Crippen LogP contribution is -2.38. The van der Waals surface area contributed by atoms with Gasteiger partial charge in [0, 0.05) is 25.0 Å². The summed E-state index contributed by atoms with van der Waals surface area (Å²) in [5.41, 5.74) is 1.84. The third kappa shape index (κ3) is 5.00. The van der Waals surface area contributed by atoms with Gasteiger partial charge in [-0.05, 0) is 56.1 Å². The van der Waals surface area contributed by atoms with Gasteiger partial charge in [0.1, 0.15) is 0 Å². The van der Waals surface area contributed by atoms with E-state index in [1.807, 2.05) is 36.2 Å². The van der Waals surface area contributed by atoms with Crippen molar-refractivity contribution < 1.29 is 9.90 Å². The van der Waals surface area contributed by atoms with Gasteiger partial charge >= 0.3 is 0 Å². The second-order valence-corrected chi connectivity index (χ2v) is 6.20. The van der Waals surface area contributed by atoms with Crippen molar-refractivity contribution in [3.05, 3.63) is 24.3 Å². The number of hydrogen-bond acceptors (Lipinski definition) is 4. The maximum absolute atomic E-state index is 12.1. The van der Waals surface area contributed by atoms with Crippen LogP contribution in [0.5, 0.6) is 0 Å². The summed E-state index contributed by atoms with van der Waals surface area (Å²) in [4.78, 5) is 16.3. The number of carbonyl (C=O) groups excluding carboxylic acids is 1. The SMILES string of the molecule is CC1CCN(CC(=O)Nc2ccc(N(C)CCO)cc2)CC1. The molecule has 0 bridgehead atoms. The summed E-state index contributed by atoms with van der Waals surface area (Å²) in [6.07, 6.45) is 2.36. The minimum Gasteiger partial charge on any atom is -0.395 e. The number of carbonyl (C=O) groups is 1. The van der Waals surface area contributed by atoms with Gasteiger partial charge in [-0.2, -0.15) is 0 Å². The third-order valence-electron chi connectivity index (χ3n) is 4.27. The Bertz CT molecular complexity index is 467. The first-order valence-corrected chi connectivity index (χ1v) is 8.02. The molecular formula is C17H27N3O2. The summed E-state index contributed by atoms with van der Waals surface area (Å²) in [6, 6.07) is 7.71. The highest BCUT2D eigenvalue weighted by Gasteiger charge is 2.17. The van der Waals surface area contributed by atoms with Gasteiger partial charge in [0.15, 0.2) is 0 Å². The van der Waals surface area contributed by atoms with E-state index in [1.165, 1.54) is 12.8 Å². The van der Waals surface area contributed by atoms with Gasteiger partial charge in [-0.1, -0.05) is 6.92 Å². The molecule has 0 aliphatic carbocycles. The number of likely N-dealkylation sites (tertiary alicyclic amines) is 1. The van der Waals surface area contributed by atoms with Crippen molar-refractivity contribution in [3.63, 3.8) is 0 Å². The highest BCUT2D eigenvalue weighted by atomic mass is 16.3. The minimum atomic E-state index is 0.0472. The van der Waals surface area contributed by atoms with Crippen LogP contribution < -0.4 is 10.2 Å². The molecule has 1 aromatic carbocycles. The number of rotatable bonds is 6. The van der Waals surface area contributed by atoms with E-state index in [2.05, 4.69) is 17.1 Å². The van der Waals surface area contributed by atoms with Crippen LogP contribution in [0.15, 0.2) is 24.3 Å². The summed E-state index contributed by atoms with van der Waals surface area (Å²) >= 11 is 0. The molecule has 1 amide bonds. The average molecular weight is 305 g/mol. The number of nitrogens with zero attached hydrogens (tertiary/aromatic N) is 2. The molecule has 2 rings (SSSR count). The molecule has 122 valence electrons. The summed E-state index contributed by atoms with van der Waals surface area (Å²) in [7, 11) is 1.93. The Kier molecular flexibility index (Phi) is 6.21. The maximum atomic E-state index is 12.1. The van der Waals surface area contributed by atoms with Crippen LogP contribution in [-0.2, 0) is 4.79 Å². The van der Waals surface area contributed by atoms with Crippen molar-refractivity contribution in [2.75, 3.05) is 50.1 Å². The molecule has 1 aliphatic rings. The Hall–Kier alpha value is -1.59. The highest BCUT2D eigenvalue weighted by Crippen LogP contribution is 2.18. The molecule has 1 saturated heterocycles. The molecule has 0 saturated carbocycles. The Morgan fingerprint density at radius 2 is 1.95 bits per heavy atom. The zero-order valence-corrected chi connectivity index (χ0v) is 13.6. The fourth-order valence-electron chi connectivity index (χ4n) is 2.70. The van der Waals surface area contributed by atoms with E-state index in [0.29, 0.717) is 13.1 Å². The first-order chi connectivity index (χ1) is 10.6. The standard InChI is InChI=1S/C17H27N3O2/c1-14-7-9-20(10-8-14)13-17(22)18-15-3-5-16(6-4-15)19(2)11-12-21/h3-6,14,21H,7-13H2,1-2H3,(H,18,22). The Balaban J connectivity index is 1.81. The van der Waals surface area contributed by atoms with Crippen LogP contribution in [0.1, 0.15) is 19.8 Å². The smallest absolute Gasteiger partial charge is 0.238 e. The normalized spacial score (nSPS) is 16.5. The van der Waals surface area contributed by atoms with E-state index < -0.39 is 0 Å². The number of benzene rings is 1. The van der Waals surface area contributed by atoms with Gasteiger partial charge in [0.25, 0.3) is 0 Å². The lowest BCUT2D eigenvalue weighted by molar-refractivity contribution is -0.117. The fourth-order valence-corrected chi connectivity index (χ4v) is 2.70. The van der Waals surface area contributed by atoms with Crippen LogP contribution in [0.3, 0.4) is 0 Å². The maximum Gasteiger partial charge on any atom is 0.238 e. The van der Waals surface area contributed by atoms with Gasteiger partial charge in [-0.25, -0.2) is 0 Å². The predicted molar refractivity (Wildman–Crippen MR) is 90.3 cm³/mol. The molecule has 0 atom stereocenters. The number of aliphatic hydroxyl groups excluding tert-OH is 1. The largest absolute Gasteiger partial charge is 0.395 e. The van der Waals surface area contributed by atoms with Crippen molar-refractivity contribution in [1.82, 2.24) is 4.90 Å². The lowest BCUT2D eigenvalue weighted by Gasteiger charge is -2.29. The molecule has 1 aromatic rings. The van der Waals surface area contributed by atoms with Crippen LogP contribution >= 0.6 is 0 Å². The van der Waals surface area contributed by atoms with E-state index in [1.54, 1.807) is 0 Å². The number of aliphatic hydroxyl groups is 1. The van der Waals surface area contributed by atoms with Gasteiger partial charge in [-0.15, -0.1) is 0 Å². The molecule has 2 N–H and O–H groups in total. The van der Waals surface area contributed by atoms with Gasteiger partial charge in [0.2, 0.25) is 5.91 Å². The van der Waals surface area contributed by atoms with Gasteiger partial charge in [-0.3, -0.25) is 9.69 Å². The van der Waals surface area contributed by atoms with Gasteiger partial charge in [0.05, 0.1) is 13.2 Å². The van der Waals surface area contributed by atoms with Crippen LogP contribution in [-0.4, -0.2) is 55.7 Å². The summed E-state index contributed by atoms with van der Waals surface area (Å²) in [6.45, 7) is 5.49. The molecule has 0 aromatic heterocycles. The quantitative estimate of drug-likeness (QED) is 0.841. The molecule has 1 aliphatic heterocycles. The monoisotopic (exact) mass is 305 g/mol. The van der Waals surface area contributed by atoms with Crippen molar-refractivity contribution in [3.8, 4) is 0 Å². The minimum absolute atomic E-state index is 0.0472. The molecular weight excluding hydrogens is 278 g/mol. The Labute approximate surface area is 132 Å². The number of nitrogens with one attached hydrogen (secondary N) is 1. The zero-order valence-electron chi connectivity index (χ0n) is 13.6. The van der Waals surface area contributed by atoms with E-state index in [0.717, 1.165) is 30.4 Å². The molecule has 5 heteroatoms. The average Bonchev–Trinajstić information content (AvgIpc) is 2.50. The van der Waals surface area contributed by atoms with Crippen molar-refractivity contribution in [2.45, 2.75) is 19.8 Å². The zero-order chi connectivity index (χ0) is 15.9. The van der Waals surface area contributed by atoms with Gasteiger partial charge < -0.3 is 15.3 Å². The summed E-state index contributed by atoms with van der Waals surface area (Å²) in [5.74, 6) is 0.828. The highest BCUT2D eigenvalue weighted by molar-refractivity contribution is 5.92. The Morgan fingerprint density at radius 3 is 2.55 bits per heavy atom. The molecule has 0 unspecified atom stereocenters. The third-order valence-corrected chi connectivity index (χ3v) is 4.27. The second kappa shape index (κ2) is 8.15. The number of piperidine rings is 1. The number of hydrogen-bond donors (Lipinski definition) is 2. The van der Waals surface area contributed by atoms with Crippen LogP contribution in [0, 0.1) is 5.92 Å². The number of likely N-dealkylation sites (N-methyl/N-ethyl adjacent to an activating group) is 1. The lowest BCUT2D eigenvalue weighted by atomic mass is 9.99. The van der Waals surface area contributed by atoms with E-state index in [-0.39, 0.29) is 12.5 Å².